The number of piperazine rings is 1. The molecule has 3 rings (SSSR count). The molecule has 1 saturated heterocycles. The molecule has 2 heterocycles. The first-order valence-electron chi connectivity index (χ1n) is 6.50. The van der Waals surface area contributed by atoms with Gasteiger partial charge in [0.2, 0.25) is 0 Å². The predicted molar refractivity (Wildman–Crippen MR) is 76.5 cm³/mol. The van der Waals surface area contributed by atoms with Crippen molar-refractivity contribution >= 4 is 22.5 Å². The van der Waals surface area contributed by atoms with Crippen molar-refractivity contribution < 1.29 is 4.79 Å². The number of nitrogens with two attached hydrogens (primary N) is 1. The van der Waals surface area contributed by atoms with Crippen LogP contribution in [-0.4, -0.2) is 49.0 Å². The van der Waals surface area contributed by atoms with Crippen LogP contribution in [0, 0.1) is 0 Å². The van der Waals surface area contributed by atoms with E-state index in [1.54, 1.807) is 0 Å². The minimum absolute atomic E-state index is 0.416. The van der Waals surface area contributed by atoms with E-state index in [9.17, 15) is 4.79 Å². The van der Waals surface area contributed by atoms with Gasteiger partial charge in [-0.3, -0.25) is 4.79 Å². The molecule has 100 valence electrons. The van der Waals surface area contributed by atoms with Crippen molar-refractivity contribution in [1.29, 1.82) is 0 Å². The number of fused-ring (bicyclic) bond motifs is 1. The highest BCUT2D eigenvalue weighted by atomic mass is 16.1. The number of nitrogens with zero attached hydrogens (tertiary/aromatic N) is 2. The van der Waals surface area contributed by atoms with Gasteiger partial charge in [0, 0.05) is 42.8 Å². The molecule has 0 atom stereocenters. The van der Waals surface area contributed by atoms with Crippen molar-refractivity contribution in [2.45, 2.75) is 0 Å². The summed E-state index contributed by atoms with van der Waals surface area (Å²) in [5, 5.41) is 1.07. The minimum atomic E-state index is -0.416. The Morgan fingerprint density at radius 2 is 2.00 bits per heavy atom. The van der Waals surface area contributed by atoms with Crippen LogP contribution in [0.2, 0.25) is 0 Å². The van der Waals surface area contributed by atoms with Gasteiger partial charge in [-0.05, 0) is 25.2 Å². The van der Waals surface area contributed by atoms with E-state index in [0.29, 0.717) is 5.69 Å². The Morgan fingerprint density at radius 1 is 1.26 bits per heavy atom. The number of aromatic amines is 1. The lowest BCUT2D eigenvalue weighted by Crippen LogP contribution is -2.44. The molecule has 1 aromatic heterocycles. The summed E-state index contributed by atoms with van der Waals surface area (Å²) < 4.78 is 0. The van der Waals surface area contributed by atoms with Gasteiger partial charge in [0.15, 0.2) is 0 Å². The highest BCUT2D eigenvalue weighted by Gasteiger charge is 2.17. The third kappa shape index (κ3) is 2.17. The van der Waals surface area contributed by atoms with Crippen LogP contribution in [0.3, 0.4) is 0 Å². The molecule has 0 unspecified atom stereocenters. The van der Waals surface area contributed by atoms with Crippen molar-refractivity contribution in [3.63, 3.8) is 0 Å². The number of H-pyrrole nitrogens is 1. The second-order valence-corrected chi connectivity index (χ2v) is 5.08. The van der Waals surface area contributed by atoms with Crippen LogP contribution in [0.5, 0.6) is 0 Å². The van der Waals surface area contributed by atoms with E-state index < -0.39 is 5.91 Å². The average Bonchev–Trinajstić information content (AvgIpc) is 2.83. The van der Waals surface area contributed by atoms with Crippen LogP contribution >= 0.6 is 0 Å². The van der Waals surface area contributed by atoms with E-state index in [1.807, 2.05) is 18.2 Å². The maximum absolute atomic E-state index is 11.3. The first kappa shape index (κ1) is 12.0. The van der Waals surface area contributed by atoms with E-state index in [0.717, 1.165) is 37.1 Å². The van der Waals surface area contributed by atoms with E-state index in [1.165, 1.54) is 5.69 Å². The normalized spacial score (nSPS) is 17.0. The number of rotatable bonds is 2. The van der Waals surface area contributed by atoms with Gasteiger partial charge in [0.25, 0.3) is 5.91 Å². The Hall–Kier alpha value is -2.01. The molecule has 1 aromatic carbocycles. The first-order chi connectivity index (χ1) is 9.15. The van der Waals surface area contributed by atoms with Crippen LogP contribution in [0.15, 0.2) is 24.3 Å². The first-order valence-corrected chi connectivity index (χ1v) is 6.50. The number of benzene rings is 1. The average molecular weight is 258 g/mol. The number of carbonyl (C=O) groups is 1. The molecule has 5 nitrogen and oxygen atoms in total. The molecular weight excluding hydrogens is 240 g/mol. The third-order valence-electron chi connectivity index (χ3n) is 3.75. The SMILES string of the molecule is CN1CCN(c2cccc3[nH]c(C(N)=O)cc23)CC1. The lowest BCUT2D eigenvalue weighted by Gasteiger charge is -2.34. The standard InChI is InChI=1S/C14H18N4O/c1-17-5-7-18(8-6-17)13-4-2-3-11-10(13)9-12(16-11)14(15)19/h2-4,9,16H,5-8H2,1H3,(H2,15,19). The van der Waals surface area contributed by atoms with Crippen LogP contribution in [0.25, 0.3) is 10.9 Å². The van der Waals surface area contributed by atoms with Gasteiger partial charge in [0.05, 0.1) is 0 Å². The smallest absolute Gasteiger partial charge is 0.265 e. The lowest BCUT2D eigenvalue weighted by molar-refractivity contribution is 0.0996. The van der Waals surface area contributed by atoms with Crippen LogP contribution in [0.4, 0.5) is 5.69 Å². The van der Waals surface area contributed by atoms with Gasteiger partial charge in [-0.2, -0.15) is 0 Å². The minimum Gasteiger partial charge on any atom is -0.368 e. The van der Waals surface area contributed by atoms with Crippen molar-refractivity contribution in [1.82, 2.24) is 9.88 Å². The Kier molecular flexibility index (Phi) is 2.91. The molecule has 1 aliphatic rings. The largest absolute Gasteiger partial charge is 0.368 e. The van der Waals surface area contributed by atoms with Crippen molar-refractivity contribution in [2.75, 3.05) is 38.1 Å². The van der Waals surface area contributed by atoms with Gasteiger partial charge in [-0.1, -0.05) is 6.07 Å². The summed E-state index contributed by atoms with van der Waals surface area (Å²) in [4.78, 5) is 19.0. The van der Waals surface area contributed by atoms with Gasteiger partial charge < -0.3 is 20.5 Å². The molecule has 0 saturated carbocycles. The van der Waals surface area contributed by atoms with E-state index in [-0.39, 0.29) is 0 Å². The van der Waals surface area contributed by atoms with Crippen LogP contribution in [-0.2, 0) is 0 Å². The Morgan fingerprint density at radius 3 is 2.68 bits per heavy atom. The fourth-order valence-electron chi connectivity index (χ4n) is 2.60. The van der Waals surface area contributed by atoms with Crippen LogP contribution in [0.1, 0.15) is 10.5 Å². The fraction of sp³-hybridized carbons (Fsp3) is 0.357. The third-order valence-corrected chi connectivity index (χ3v) is 3.75. The zero-order chi connectivity index (χ0) is 13.4. The number of hydrogen-bond donors (Lipinski definition) is 2. The van der Waals surface area contributed by atoms with Gasteiger partial charge in [-0.25, -0.2) is 0 Å². The molecule has 5 heteroatoms. The molecule has 19 heavy (non-hydrogen) atoms. The highest BCUT2D eigenvalue weighted by molar-refractivity contribution is 6.01. The molecule has 1 aliphatic heterocycles. The topological polar surface area (TPSA) is 65.4 Å². The number of amides is 1. The summed E-state index contributed by atoms with van der Waals surface area (Å²) in [6.45, 7) is 4.13. The summed E-state index contributed by atoms with van der Waals surface area (Å²) in [5.74, 6) is -0.416. The number of aromatic nitrogens is 1. The summed E-state index contributed by atoms with van der Waals surface area (Å²) >= 11 is 0. The summed E-state index contributed by atoms with van der Waals surface area (Å²) in [6, 6.07) is 7.94. The predicted octanol–water partition coefficient (Wildman–Crippen LogP) is 1.02. The Bertz CT molecular complexity index is 611. The van der Waals surface area contributed by atoms with Crippen LogP contribution < -0.4 is 10.6 Å². The van der Waals surface area contributed by atoms with Crippen molar-refractivity contribution in [3.8, 4) is 0 Å². The maximum atomic E-state index is 11.3. The van der Waals surface area contributed by atoms with Crippen molar-refractivity contribution in [3.05, 3.63) is 30.0 Å². The molecular formula is C14H18N4O. The van der Waals surface area contributed by atoms with Gasteiger partial charge >= 0.3 is 0 Å². The molecule has 2 aromatic rings. The number of anilines is 1. The van der Waals surface area contributed by atoms with E-state index >= 15 is 0 Å². The number of nitrogens with one attached hydrogen (secondary N) is 1. The Labute approximate surface area is 112 Å². The molecule has 0 radical (unpaired) electrons. The quantitative estimate of drug-likeness (QED) is 0.845. The van der Waals surface area contributed by atoms with E-state index in [4.69, 9.17) is 5.73 Å². The number of carbonyl (C=O) groups excluding carboxylic acids is 1. The molecule has 1 fully saturated rings. The number of primary amides is 1. The van der Waals surface area contributed by atoms with Gasteiger partial charge in [0.1, 0.15) is 5.69 Å². The van der Waals surface area contributed by atoms with E-state index in [2.05, 4.69) is 27.9 Å². The monoisotopic (exact) mass is 258 g/mol. The Balaban J connectivity index is 2.01. The second-order valence-electron chi connectivity index (χ2n) is 5.08. The lowest BCUT2D eigenvalue weighted by atomic mass is 10.1. The summed E-state index contributed by atoms with van der Waals surface area (Å²) in [6.07, 6.45) is 0. The van der Waals surface area contributed by atoms with Gasteiger partial charge in [-0.15, -0.1) is 0 Å². The summed E-state index contributed by atoms with van der Waals surface area (Å²) in [5.41, 5.74) is 7.94. The zero-order valence-corrected chi connectivity index (χ0v) is 11.0. The van der Waals surface area contributed by atoms with Crippen molar-refractivity contribution in [2.24, 2.45) is 5.73 Å². The highest BCUT2D eigenvalue weighted by Crippen LogP contribution is 2.28. The number of likely N-dealkylation sites (N-methyl/N-ethyl adjacent to an activating group) is 1. The second kappa shape index (κ2) is 4.59. The number of hydrogen-bond acceptors (Lipinski definition) is 3. The molecule has 3 N–H and O–H groups in total. The summed E-state index contributed by atoms with van der Waals surface area (Å²) in [7, 11) is 2.14. The molecule has 0 spiro atoms. The maximum Gasteiger partial charge on any atom is 0.265 e. The molecule has 0 aliphatic carbocycles. The fourth-order valence-corrected chi connectivity index (χ4v) is 2.60. The molecule has 0 bridgehead atoms. The molecule has 1 amide bonds. The zero-order valence-electron chi connectivity index (χ0n) is 11.0.